The molecule has 0 spiro atoms. The number of rotatable bonds is 6. The zero-order chi connectivity index (χ0) is 17.9. The minimum absolute atomic E-state index is 0.333. The van der Waals surface area contributed by atoms with Gasteiger partial charge < -0.3 is 10.1 Å². The van der Waals surface area contributed by atoms with E-state index >= 15 is 0 Å². The number of nitrogens with zero attached hydrogens (tertiary/aromatic N) is 1. The van der Waals surface area contributed by atoms with Gasteiger partial charge in [-0.15, -0.1) is 0 Å². The highest BCUT2D eigenvalue weighted by molar-refractivity contribution is 7.90. The van der Waals surface area contributed by atoms with E-state index in [0.29, 0.717) is 23.0 Å². The lowest BCUT2D eigenvalue weighted by Crippen LogP contribution is -2.06. The highest BCUT2D eigenvalue weighted by Crippen LogP contribution is 2.28. The predicted molar refractivity (Wildman–Crippen MR) is 91.5 cm³/mol. The highest BCUT2D eigenvalue weighted by atomic mass is 35.5. The molecule has 0 fully saturated rings. The van der Waals surface area contributed by atoms with Crippen LogP contribution in [0.25, 0.3) is 0 Å². The molecular weight excluding hydrogens is 356 g/mol. The Morgan fingerprint density at radius 2 is 1.96 bits per heavy atom. The second kappa shape index (κ2) is 7.06. The molecule has 2 aromatic rings. The molecule has 0 unspecified atom stereocenters. The van der Waals surface area contributed by atoms with Crippen LogP contribution in [-0.2, 0) is 16.4 Å². The van der Waals surface area contributed by atoms with Gasteiger partial charge in [-0.3, -0.25) is 10.1 Å². The molecule has 0 heterocycles. The summed E-state index contributed by atoms with van der Waals surface area (Å²) in [6.45, 7) is 0.335. The van der Waals surface area contributed by atoms with E-state index in [0.717, 1.165) is 17.9 Å². The molecule has 0 aliphatic carbocycles. The lowest BCUT2D eigenvalue weighted by atomic mass is 10.2. The van der Waals surface area contributed by atoms with Crippen molar-refractivity contribution in [1.82, 2.24) is 0 Å². The van der Waals surface area contributed by atoms with Gasteiger partial charge in [-0.25, -0.2) is 8.42 Å². The van der Waals surface area contributed by atoms with Crippen molar-refractivity contribution in [1.29, 1.82) is 0 Å². The first-order valence-corrected chi connectivity index (χ1v) is 9.04. The number of hydrogen-bond acceptors (Lipinski definition) is 6. The van der Waals surface area contributed by atoms with Crippen LogP contribution >= 0.6 is 11.6 Å². The largest absolute Gasteiger partial charge is 0.496 e. The van der Waals surface area contributed by atoms with E-state index in [-0.39, 0.29) is 4.90 Å². The van der Waals surface area contributed by atoms with Crippen LogP contribution in [0.15, 0.2) is 41.3 Å². The number of anilines is 1. The topological polar surface area (TPSA) is 98.5 Å². The van der Waals surface area contributed by atoms with Gasteiger partial charge >= 0.3 is 0 Å². The second-order valence-corrected chi connectivity index (χ2v) is 7.44. The number of ether oxygens (including phenoxy) is 1. The van der Waals surface area contributed by atoms with E-state index in [1.54, 1.807) is 18.2 Å². The van der Waals surface area contributed by atoms with Gasteiger partial charge in [0.25, 0.3) is 5.69 Å². The minimum Gasteiger partial charge on any atom is -0.496 e. The van der Waals surface area contributed by atoms with Gasteiger partial charge in [0.1, 0.15) is 10.6 Å². The third-order valence-electron chi connectivity index (χ3n) is 3.29. The molecule has 0 saturated carbocycles. The average Bonchev–Trinajstić information content (AvgIpc) is 2.52. The summed E-state index contributed by atoms with van der Waals surface area (Å²) in [4.78, 5) is 9.91. The summed E-state index contributed by atoms with van der Waals surface area (Å²) >= 11 is 5.90. The molecule has 2 aromatic carbocycles. The van der Waals surface area contributed by atoms with Crippen molar-refractivity contribution in [2.75, 3.05) is 18.7 Å². The Morgan fingerprint density at radius 1 is 1.25 bits per heavy atom. The van der Waals surface area contributed by atoms with Crippen LogP contribution in [0.2, 0.25) is 5.02 Å². The first-order chi connectivity index (χ1) is 11.2. The molecule has 128 valence electrons. The lowest BCUT2D eigenvalue weighted by Gasteiger charge is -2.12. The molecule has 0 aliphatic heterocycles. The number of sulfone groups is 1. The highest BCUT2D eigenvalue weighted by Gasteiger charge is 2.22. The van der Waals surface area contributed by atoms with E-state index in [2.05, 4.69) is 5.32 Å². The molecule has 0 saturated heterocycles. The van der Waals surface area contributed by atoms with Crippen molar-refractivity contribution >= 4 is 32.8 Å². The van der Waals surface area contributed by atoms with E-state index < -0.39 is 20.4 Å². The van der Waals surface area contributed by atoms with Crippen molar-refractivity contribution in [2.45, 2.75) is 11.4 Å². The van der Waals surface area contributed by atoms with Crippen LogP contribution in [-0.4, -0.2) is 26.7 Å². The second-order valence-electron chi connectivity index (χ2n) is 5.02. The molecule has 0 atom stereocenters. The smallest absolute Gasteiger partial charge is 0.288 e. The fraction of sp³-hybridized carbons (Fsp3) is 0.200. The number of nitro benzene ring substituents is 1. The average molecular weight is 371 g/mol. The summed E-state index contributed by atoms with van der Waals surface area (Å²) in [6.07, 6.45) is 0.932. The quantitative estimate of drug-likeness (QED) is 0.619. The molecule has 1 N–H and O–H groups in total. The standard InChI is InChI=1S/C15H15ClN2O5S/c1-23-14-7-11(16)4-3-10(14)9-17-12-5-6-13(18(19)20)15(8-12)24(2,21)22/h3-8,17H,9H2,1-2H3. The summed E-state index contributed by atoms with van der Waals surface area (Å²) in [5, 5.41) is 14.5. The van der Waals surface area contributed by atoms with Gasteiger partial charge in [0.2, 0.25) is 0 Å². The fourth-order valence-electron chi connectivity index (χ4n) is 2.13. The summed E-state index contributed by atoms with van der Waals surface area (Å²) in [7, 11) is -2.21. The maximum absolute atomic E-state index is 11.8. The molecule has 24 heavy (non-hydrogen) atoms. The summed E-state index contributed by atoms with van der Waals surface area (Å²) in [5.41, 5.74) is 0.798. The van der Waals surface area contributed by atoms with Crippen molar-refractivity contribution in [3.63, 3.8) is 0 Å². The van der Waals surface area contributed by atoms with E-state index in [1.165, 1.54) is 19.2 Å². The van der Waals surface area contributed by atoms with Crippen LogP contribution in [0.1, 0.15) is 5.56 Å². The molecule has 2 rings (SSSR count). The van der Waals surface area contributed by atoms with Gasteiger partial charge in [-0.2, -0.15) is 0 Å². The Bertz CT molecular complexity index is 883. The normalized spacial score (nSPS) is 11.1. The van der Waals surface area contributed by atoms with Crippen LogP contribution < -0.4 is 10.1 Å². The third kappa shape index (κ3) is 4.15. The monoisotopic (exact) mass is 370 g/mol. The molecule has 0 bridgehead atoms. The molecule has 0 aliphatic rings. The summed E-state index contributed by atoms with van der Waals surface area (Å²) in [6, 6.07) is 9.01. The SMILES string of the molecule is COc1cc(Cl)ccc1CNc1ccc([N+](=O)[O-])c(S(C)(=O)=O)c1. The first-order valence-electron chi connectivity index (χ1n) is 6.77. The number of benzene rings is 2. The van der Waals surface area contributed by atoms with Gasteiger partial charge in [-0.05, 0) is 24.3 Å². The Labute approximate surface area is 144 Å². The summed E-state index contributed by atoms with van der Waals surface area (Å²) < 4.78 is 28.7. The van der Waals surface area contributed by atoms with Gasteiger partial charge in [0, 0.05) is 35.1 Å². The Hall–Kier alpha value is -2.32. The summed E-state index contributed by atoms with van der Waals surface area (Å²) in [5.74, 6) is 0.584. The van der Waals surface area contributed by atoms with Crippen LogP contribution in [0.4, 0.5) is 11.4 Å². The number of nitrogens with one attached hydrogen (secondary N) is 1. The zero-order valence-corrected chi connectivity index (χ0v) is 14.5. The van der Waals surface area contributed by atoms with E-state index in [4.69, 9.17) is 16.3 Å². The number of nitro groups is 1. The third-order valence-corrected chi connectivity index (χ3v) is 4.65. The van der Waals surface area contributed by atoms with E-state index in [1.807, 2.05) is 0 Å². The first kappa shape index (κ1) is 18.0. The molecule has 0 aromatic heterocycles. The van der Waals surface area contributed by atoms with Crippen LogP contribution in [0.3, 0.4) is 0 Å². The van der Waals surface area contributed by atoms with Gasteiger partial charge in [0.15, 0.2) is 9.84 Å². The molecule has 0 radical (unpaired) electrons. The van der Waals surface area contributed by atoms with Gasteiger partial charge in [0.05, 0.1) is 12.0 Å². The number of methoxy groups -OCH3 is 1. The van der Waals surface area contributed by atoms with Crippen molar-refractivity contribution in [2.24, 2.45) is 0 Å². The molecule has 7 nitrogen and oxygen atoms in total. The maximum atomic E-state index is 11.8. The van der Waals surface area contributed by atoms with Crippen molar-refractivity contribution in [3.8, 4) is 5.75 Å². The Morgan fingerprint density at radius 3 is 2.54 bits per heavy atom. The van der Waals surface area contributed by atoms with Crippen molar-refractivity contribution < 1.29 is 18.1 Å². The van der Waals surface area contributed by atoms with E-state index in [9.17, 15) is 18.5 Å². The fourth-order valence-corrected chi connectivity index (χ4v) is 3.16. The van der Waals surface area contributed by atoms with Crippen molar-refractivity contribution in [3.05, 3.63) is 57.1 Å². The number of halogens is 1. The Kier molecular flexibility index (Phi) is 5.30. The minimum atomic E-state index is -3.73. The molecule has 9 heteroatoms. The molecular formula is C15H15ClN2O5S. The zero-order valence-electron chi connectivity index (χ0n) is 12.9. The lowest BCUT2D eigenvalue weighted by molar-refractivity contribution is -0.387. The van der Waals surface area contributed by atoms with Crippen LogP contribution in [0.5, 0.6) is 5.75 Å². The Balaban J connectivity index is 2.30. The maximum Gasteiger partial charge on any atom is 0.288 e. The number of hydrogen-bond donors (Lipinski definition) is 1. The molecule has 0 amide bonds. The van der Waals surface area contributed by atoms with Crippen LogP contribution in [0, 0.1) is 10.1 Å². The van der Waals surface area contributed by atoms with Gasteiger partial charge in [-0.1, -0.05) is 17.7 Å². The predicted octanol–water partition coefficient (Wildman–Crippen LogP) is 3.27.